The van der Waals surface area contributed by atoms with E-state index in [1.807, 2.05) is 0 Å². The molecule has 0 amide bonds. The fourth-order valence-electron chi connectivity index (χ4n) is 13.0. The maximum Gasteiger partial charge on any atom is 0.303 e. The Bertz CT molecular complexity index is 1200. The number of carbonyl (C=O) groups excluding carboxylic acids is 3. The lowest BCUT2D eigenvalue weighted by molar-refractivity contribution is -0.224. The van der Waals surface area contributed by atoms with Crippen molar-refractivity contribution in [3.8, 4) is 0 Å². The van der Waals surface area contributed by atoms with Gasteiger partial charge in [-0.1, -0.05) is 34.6 Å². The van der Waals surface area contributed by atoms with Crippen LogP contribution in [0, 0.1) is 50.7 Å². The van der Waals surface area contributed by atoms with Crippen LogP contribution in [0.1, 0.15) is 107 Å². The van der Waals surface area contributed by atoms with Crippen molar-refractivity contribution in [2.75, 3.05) is 6.61 Å². The summed E-state index contributed by atoms with van der Waals surface area (Å²) in [6.45, 7) is 16.1. The first-order valence-electron chi connectivity index (χ1n) is 17.3. The number of aliphatic hydroxyl groups excluding tert-OH is 1. The largest absolute Gasteiger partial charge is 0.457 e. The van der Waals surface area contributed by atoms with Gasteiger partial charge in [-0.05, 0) is 111 Å². The fraction of sp³-hybridized carbons (Fsp3) is 0.917. The van der Waals surface area contributed by atoms with E-state index in [-0.39, 0.29) is 57.7 Å². The minimum absolute atomic E-state index is 0.109. The molecule has 254 valence electrons. The van der Waals surface area contributed by atoms with E-state index in [1.165, 1.54) is 13.3 Å². The zero-order valence-electron chi connectivity index (χ0n) is 28.5. The molecule has 9 nitrogen and oxygen atoms in total. The molecule has 9 heteroatoms. The van der Waals surface area contributed by atoms with Crippen molar-refractivity contribution in [2.45, 2.75) is 149 Å². The van der Waals surface area contributed by atoms with E-state index in [1.54, 1.807) is 13.8 Å². The van der Waals surface area contributed by atoms with Crippen LogP contribution in [0.3, 0.4) is 0 Å². The predicted molar refractivity (Wildman–Crippen MR) is 165 cm³/mol. The van der Waals surface area contributed by atoms with Gasteiger partial charge in [0.25, 0.3) is 0 Å². The molecule has 0 bridgehead atoms. The number of aliphatic hydroxyl groups is 2. The van der Waals surface area contributed by atoms with Crippen LogP contribution in [0.25, 0.3) is 0 Å². The van der Waals surface area contributed by atoms with Crippen molar-refractivity contribution < 1.29 is 43.5 Å². The average molecular weight is 633 g/mol. The van der Waals surface area contributed by atoms with E-state index < -0.39 is 36.2 Å². The van der Waals surface area contributed by atoms with E-state index in [0.717, 1.165) is 38.5 Å². The van der Waals surface area contributed by atoms with Crippen molar-refractivity contribution in [1.82, 2.24) is 0 Å². The molecule has 2 spiro atoms. The van der Waals surface area contributed by atoms with Crippen LogP contribution in [-0.2, 0) is 33.3 Å². The molecule has 14 atom stereocenters. The molecular formula is C36H56O9. The molecule has 0 aromatic heterocycles. The highest BCUT2D eigenvalue weighted by Crippen LogP contribution is 2.89. The molecule has 5 saturated carbocycles. The van der Waals surface area contributed by atoms with Gasteiger partial charge in [0, 0.05) is 12.3 Å². The standard InChI is InChI=1S/C36H56O9/c1-20-17-22(30(32(5,6)41)43-21(2)39)44-28-27(20)33(7)13-14-36-19-35(36)12-11-25(45-26(18-38)42-16-15-37)31(3,4)23(35)9-10-24(36)34(33,8)29(28)40/h15,18,20,22-30,40-41H,9-14,16-17,19H2,1-8H3/t20-,22?,23+,24+,25?,26+,27?,28?,29+,30+,33-,34-,35-,36?/m1/s1. The van der Waals surface area contributed by atoms with Crippen LogP contribution in [0.15, 0.2) is 0 Å². The topological polar surface area (TPSA) is 129 Å². The van der Waals surface area contributed by atoms with Crippen molar-refractivity contribution >= 4 is 18.5 Å². The summed E-state index contributed by atoms with van der Waals surface area (Å²) >= 11 is 0. The van der Waals surface area contributed by atoms with Crippen molar-refractivity contribution in [1.29, 1.82) is 0 Å². The number of hydrogen-bond acceptors (Lipinski definition) is 9. The number of aldehydes is 2. The van der Waals surface area contributed by atoms with E-state index in [0.29, 0.717) is 30.8 Å². The number of hydrogen-bond donors (Lipinski definition) is 2. The Morgan fingerprint density at radius 2 is 1.71 bits per heavy atom. The normalized spacial score (nSPS) is 49.2. The second-order valence-electron chi connectivity index (χ2n) is 17.4. The fourth-order valence-corrected chi connectivity index (χ4v) is 13.0. The van der Waals surface area contributed by atoms with Crippen LogP contribution >= 0.6 is 0 Å². The molecule has 6 fully saturated rings. The van der Waals surface area contributed by atoms with Gasteiger partial charge in [-0.2, -0.15) is 0 Å². The van der Waals surface area contributed by atoms with E-state index in [4.69, 9.17) is 18.9 Å². The monoisotopic (exact) mass is 632 g/mol. The molecule has 0 radical (unpaired) electrons. The van der Waals surface area contributed by atoms with Gasteiger partial charge in [-0.25, -0.2) is 0 Å². The van der Waals surface area contributed by atoms with Crippen LogP contribution in [0.2, 0.25) is 0 Å². The minimum atomic E-state index is -1.28. The Morgan fingerprint density at radius 3 is 2.33 bits per heavy atom. The summed E-state index contributed by atoms with van der Waals surface area (Å²) in [4.78, 5) is 34.6. The van der Waals surface area contributed by atoms with Gasteiger partial charge in [-0.15, -0.1) is 0 Å². The Kier molecular flexibility index (Phi) is 8.05. The SMILES string of the molecule is CC(=O)O[C@@H](C1C[C@@H](C)C2C(O1)[C@H](O)[C@@]1(C)[C@@H]3CC[C@H]4C(C)(C)C(O[C@@H](C=O)OCC=O)CC[C@@]45CC35CC[C@]21C)C(C)(C)O. The van der Waals surface area contributed by atoms with E-state index in [9.17, 15) is 24.6 Å². The highest BCUT2D eigenvalue weighted by molar-refractivity contribution is 5.66. The molecule has 5 aliphatic carbocycles. The predicted octanol–water partition coefficient (Wildman–Crippen LogP) is 4.63. The third-order valence-corrected chi connectivity index (χ3v) is 14.8. The van der Waals surface area contributed by atoms with Crippen LogP contribution in [0.5, 0.6) is 0 Å². The van der Waals surface area contributed by atoms with Crippen molar-refractivity contribution in [3.05, 3.63) is 0 Å². The van der Waals surface area contributed by atoms with Crippen LogP contribution < -0.4 is 0 Å². The van der Waals surface area contributed by atoms with E-state index in [2.05, 4.69) is 34.6 Å². The Balaban J connectivity index is 1.27. The molecule has 2 N–H and O–H groups in total. The van der Waals surface area contributed by atoms with Gasteiger partial charge in [0.15, 0.2) is 12.4 Å². The van der Waals surface area contributed by atoms with Crippen molar-refractivity contribution in [3.63, 3.8) is 0 Å². The summed E-state index contributed by atoms with van der Waals surface area (Å²) in [5.74, 6) is 0.748. The lowest BCUT2D eigenvalue weighted by Crippen LogP contribution is -2.60. The number of ether oxygens (including phenoxy) is 4. The number of esters is 1. The first-order valence-corrected chi connectivity index (χ1v) is 17.3. The average Bonchev–Trinajstić information content (AvgIpc) is 3.59. The summed E-state index contributed by atoms with van der Waals surface area (Å²) in [5.41, 5.74) is -1.55. The Morgan fingerprint density at radius 1 is 1.04 bits per heavy atom. The molecule has 5 unspecified atom stereocenters. The van der Waals surface area contributed by atoms with Gasteiger partial charge in [0.2, 0.25) is 6.29 Å². The van der Waals surface area contributed by atoms with Gasteiger partial charge >= 0.3 is 5.97 Å². The highest BCUT2D eigenvalue weighted by Gasteiger charge is 2.84. The number of fused-ring (bicyclic) bond motifs is 4. The second kappa shape index (κ2) is 10.8. The van der Waals surface area contributed by atoms with Crippen molar-refractivity contribution in [2.24, 2.45) is 50.7 Å². The highest BCUT2D eigenvalue weighted by atomic mass is 16.7. The van der Waals surface area contributed by atoms with Gasteiger partial charge in [0.05, 0.1) is 30.0 Å². The summed E-state index contributed by atoms with van der Waals surface area (Å²) in [6.07, 6.45) is 5.71. The van der Waals surface area contributed by atoms with Crippen LogP contribution in [-0.4, -0.2) is 77.8 Å². The van der Waals surface area contributed by atoms with Gasteiger partial charge < -0.3 is 34.0 Å². The molecular weight excluding hydrogens is 576 g/mol. The smallest absolute Gasteiger partial charge is 0.303 e. The lowest BCUT2D eigenvalue weighted by atomic mass is 9.41. The van der Waals surface area contributed by atoms with Gasteiger partial charge in [0.1, 0.15) is 12.9 Å². The van der Waals surface area contributed by atoms with Gasteiger partial charge in [-0.3, -0.25) is 9.59 Å². The second-order valence-corrected chi connectivity index (χ2v) is 17.4. The molecule has 1 aliphatic heterocycles. The maximum atomic E-state index is 12.5. The Labute approximate surface area is 268 Å². The molecule has 1 saturated heterocycles. The summed E-state index contributed by atoms with van der Waals surface area (Å²) < 4.78 is 24.0. The number of rotatable bonds is 9. The summed E-state index contributed by atoms with van der Waals surface area (Å²) in [7, 11) is 0. The molecule has 45 heavy (non-hydrogen) atoms. The maximum absolute atomic E-state index is 12.5. The van der Waals surface area contributed by atoms with Crippen LogP contribution in [0.4, 0.5) is 0 Å². The lowest BCUT2D eigenvalue weighted by Gasteiger charge is -2.63. The zero-order chi connectivity index (χ0) is 33.0. The third kappa shape index (κ3) is 4.53. The molecule has 0 aromatic rings. The first kappa shape index (κ1) is 33.5. The molecule has 6 aliphatic rings. The Hall–Kier alpha value is -1.39. The summed E-state index contributed by atoms with van der Waals surface area (Å²) in [5, 5.41) is 23.4. The third-order valence-electron chi connectivity index (χ3n) is 14.8. The zero-order valence-corrected chi connectivity index (χ0v) is 28.5. The molecule has 0 aromatic carbocycles. The summed E-state index contributed by atoms with van der Waals surface area (Å²) in [6, 6.07) is 0. The minimum Gasteiger partial charge on any atom is -0.457 e. The first-order chi connectivity index (χ1) is 20.9. The molecule has 6 rings (SSSR count). The quantitative estimate of drug-likeness (QED) is 0.212. The van der Waals surface area contributed by atoms with E-state index >= 15 is 0 Å². The number of carbonyl (C=O) groups is 3. The molecule has 1 heterocycles.